The lowest BCUT2D eigenvalue weighted by atomic mass is 10.1. The number of aromatic nitrogens is 7. The van der Waals surface area contributed by atoms with Crippen LogP contribution in [-0.4, -0.2) is 40.8 Å². The highest BCUT2D eigenvalue weighted by Crippen LogP contribution is 2.34. The van der Waals surface area contributed by atoms with Gasteiger partial charge in [0.25, 0.3) is 5.91 Å². The van der Waals surface area contributed by atoms with E-state index < -0.39 is 0 Å². The molecule has 1 aromatic carbocycles. The van der Waals surface area contributed by atoms with Crippen molar-refractivity contribution in [3.8, 4) is 11.1 Å². The average Bonchev–Trinajstić information content (AvgIpc) is 3.52. The van der Waals surface area contributed by atoms with Gasteiger partial charge in [-0.3, -0.25) is 14.5 Å². The number of anilines is 1. The number of rotatable bonds is 7. The Hall–Kier alpha value is -3.96. The van der Waals surface area contributed by atoms with Crippen molar-refractivity contribution in [2.75, 3.05) is 5.32 Å². The summed E-state index contributed by atoms with van der Waals surface area (Å²) in [5.41, 5.74) is 3.41. The largest absolute Gasteiger partial charge is 0.322 e. The molecule has 35 heavy (non-hydrogen) atoms. The Morgan fingerprint density at radius 2 is 1.83 bits per heavy atom. The zero-order chi connectivity index (χ0) is 24.2. The van der Waals surface area contributed by atoms with Crippen LogP contribution in [0.3, 0.4) is 0 Å². The number of aryl methyl sites for hydroxylation is 2. The Kier molecular flexibility index (Phi) is 6.59. The molecule has 0 radical (unpaired) electrons. The third kappa shape index (κ3) is 5.58. The maximum Gasteiger partial charge on any atom is 0.276 e. The van der Waals surface area contributed by atoms with E-state index in [4.69, 9.17) is 0 Å². The van der Waals surface area contributed by atoms with Crippen molar-refractivity contribution in [2.45, 2.75) is 26.9 Å². The van der Waals surface area contributed by atoms with Crippen molar-refractivity contribution in [1.29, 1.82) is 0 Å². The first kappa shape index (κ1) is 22.8. The van der Waals surface area contributed by atoms with E-state index in [1.165, 1.54) is 29.9 Å². The lowest BCUT2D eigenvalue weighted by Gasteiger charge is -2.10. The van der Waals surface area contributed by atoms with Crippen molar-refractivity contribution < 1.29 is 4.79 Å². The molecule has 1 amide bonds. The minimum atomic E-state index is -0.339. The fourth-order valence-corrected chi connectivity index (χ4v) is 4.78. The van der Waals surface area contributed by atoms with Crippen molar-refractivity contribution >= 4 is 35.2 Å². The van der Waals surface area contributed by atoms with Crippen LogP contribution in [0.4, 0.5) is 5.82 Å². The second-order valence-electron chi connectivity index (χ2n) is 7.54. The van der Waals surface area contributed by atoms with Crippen LogP contribution in [0.1, 0.15) is 16.2 Å². The maximum absolute atomic E-state index is 13.2. The Bertz CT molecular complexity index is 1450. The number of benzene rings is 1. The molecule has 0 aliphatic heterocycles. The van der Waals surface area contributed by atoms with Crippen molar-refractivity contribution in [3.05, 3.63) is 84.7 Å². The van der Waals surface area contributed by atoms with Gasteiger partial charge in [-0.15, -0.1) is 10.2 Å². The van der Waals surface area contributed by atoms with E-state index >= 15 is 0 Å². The van der Waals surface area contributed by atoms with Crippen LogP contribution < -0.4 is 5.32 Å². The normalized spacial score (nSPS) is 10.9. The summed E-state index contributed by atoms with van der Waals surface area (Å²) >= 11 is 2.77. The summed E-state index contributed by atoms with van der Waals surface area (Å²) in [5.74, 6) is 0.119. The summed E-state index contributed by atoms with van der Waals surface area (Å²) in [7, 11) is 1.79. The highest BCUT2D eigenvalue weighted by molar-refractivity contribution is 7.99. The SMILES string of the molecule is Cc1ccc(-c2ccc(Sc3ccc(Sc4nnc[nH]4)nc3C(=O)Nc3ccn(C)n3)cc2)cn1. The molecule has 2 N–H and O–H groups in total. The number of H-pyrrole nitrogens is 1. The van der Waals surface area contributed by atoms with E-state index in [9.17, 15) is 4.79 Å². The van der Waals surface area contributed by atoms with Gasteiger partial charge in [0.15, 0.2) is 11.0 Å². The van der Waals surface area contributed by atoms with E-state index in [1.807, 2.05) is 55.6 Å². The summed E-state index contributed by atoms with van der Waals surface area (Å²) < 4.78 is 1.63. The number of carbonyl (C=O) groups excluding carboxylic acids is 1. The van der Waals surface area contributed by atoms with E-state index in [2.05, 4.69) is 41.6 Å². The van der Waals surface area contributed by atoms with Gasteiger partial charge in [0, 0.05) is 46.6 Å². The van der Waals surface area contributed by atoms with Crippen LogP contribution in [0.5, 0.6) is 0 Å². The topological polar surface area (TPSA) is 114 Å². The van der Waals surface area contributed by atoms with Gasteiger partial charge in [-0.1, -0.05) is 30.0 Å². The van der Waals surface area contributed by atoms with Crippen molar-refractivity contribution in [3.63, 3.8) is 0 Å². The molecule has 5 rings (SSSR count). The number of amides is 1. The molecule has 0 aliphatic rings. The molecule has 0 unspecified atom stereocenters. The molecule has 0 aliphatic carbocycles. The molecule has 0 saturated carbocycles. The van der Waals surface area contributed by atoms with Crippen LogP contribution in [0, 0.1) is 6.92 Å². The molecule has 4 heterocycles. The fraction of sp³-hybridized carbons (Fsp3) is 0.0833. The molecule has 0 spiro atoms. The molecular formula is C24H20N8OS2. The lowest BCUT2D eigenvalue weighted by Crippen LogP contribution is -2.16. The quantitative estimate of drug-likeness (QED) is 0.326. The van der Waals surface area contributed by atoms with E-state index in [-0.39, 0.29) is 5.91 Å². The van der Waals surface area contributed by atoms with Gasteiger partial charge >= 0.3 is 0 Å². The highest BCUT2D eigenvalue weighted by Gasteiger charge is 2.18. The number of hydrogen-bond acceptors (Lipinski definition) is 8. The molecule has 5 aromatic rings. The van der Waals surface area contributed by atoms with Crippen LogP contribution in [0.25, 0.3) is 11.1 Å². The Morgan fingerprint density at radius 3 is 2.51 bits per heavy atom. The zero-order valence-electron chi connectivity index (χ0n) is 18.8. The van der Waals surface area contributed by atoms with E-state index in [0.29, 0.717) is 21.7 Å². The molecule has 0 fully saturated rings. The van der Waals surface area contributed by atoms with Crippen LogP contribution in [-0.2, 0) is 7.05 Å². The number of aromatic amines is 1. The van der Waals surface area contributed by atoms with Gasteiger partial charge < -0.3 is 10.3 Å². The third-order valence-corrected chi connectivity index (χ3v) is 6.81. The first-order chi connectivity index (χ1) is 17.0. The zero-order valence-corrected chi connectivity index (χ0v) is 20.5. The minimum absolute atomic E-state index is 0.303. The minimum Gasteiger partial charge on any atom is -0.322 e. The molecule has 9 nitrogen and oxygen atoms in total. The molecule has 0 bridgehead atoms. The highest BCUT2D eigenvalue weighted by atomic mass is 32.2. The van der Waals surface area contributed by atoms with Gasteiger partial charge in [0.1, 0.15) is 17.0 Å². The number of nitrogens with one attached hydrogen (secondary N) is 2. The maximum atomic E-state index is 13.2. The van der Waals surface area contributed by atoms with E-state index in [1.54, 1.807) is 24.0 Å². The van der Waals surface area contributed by atoms with Gasteiger partial charge in [0.05, 0.1) is 0 Å². The predicted molar refractivity (Wildman–Crippen MR) is 134 cm³/mol. The summed E-state index contributed by atoms with van der Waals surface area (Å²) in [5, 5.41) is 16.0. The molecule has 4 aromatic heterocycles. The van der Waals surface area contributed by atoms with Crippen LogP contribution >= 0.6 is 23.5 Å². The number of carbonyl (C=O) groups is 1. The first-order valence-electron chi connectivity index (χ1n) is 10.6. The average molecular weight is 501 g/mol. The molecule has 174 valence electrons. The Morgan fingerprint density at radius 1 is 1.00 bits per heavy atom. The predicted octanol–water partition coefficient (Wildman–Crippen LogP) is 4.86. The Balaban J connectivity index is 1.41. The summed E-state index contributed by atoms with van der Waals surface area (Å²) in [6, 6.07) is 17.7. The number of nitrogens with zero attached hydrogens (tertiary/aromatic N) is 6. The van der Waals surface area contributed by atoms with Crippen molar-refractivity contribution in [1.82, 2.24) is 34.9 Å². The first-order valence-corrected chi connectivity index (χ1v) is 12.2. The molecule has 0 atom stereocenters. The second kappa shape index (κ2) is 10.1. The summed E-state index contributed by atoms with van der Waals surface area (Å²) in [6.45, 7) is 1.97. The number of hydrogen-bond donors (Lipinski definition) is 2. The molecule has 11 heteroatoms. The smallest absolute Gasteiger partial charge is 0.276 e. The van der Waals surface area contributed by atoms with Crippen LogP contribution in [0.2, 0.25) is 0 Å². The summed E-state index contributed by atoms with van der Waals surface area (Å²) in [4.78, 5) is 26.8. The van der Waals surface area contributed by atoms with Crippen LogP contribution in [0.15, 0.2) is 93.3 Å². The monoisotopic (exact) mass is 500 g/mol. The molecular weight excluding hydrogens is 480 g/mol. The Labute approximate surface area is 209 Å². The van der Waals surface area contributed by atoms with Gasteiger partial charge in [0.2, 0.25) is 0 Å². The lowest BCUT2D eigenvalue weighted by molar-refractivity contribution is 0.101. The number of pyridine rings is 2. The van der Waals surface area contributed by atoms with E-state index in [0.717, 1.165) is 26.6 Å². The van der Waals surface area contributed by atoms with Gasteiger partial charge in [-0.05, 0) is 54.6 Å². The van der Waals surface area contributed by atoms with Gasteiger partial charge in [-0.2, -0.15) is 5.10 Å². The van der Waals surface area contributed by atoms with Crippen molar-refractivity contribution in [2.24, 2.45) is 7.05 Å². The second-order valence-corrected chi connectivity index (χ2v) is 9.66. The fourth-order valence-electron chi connectivity index (χ4n) is 3.21. The summed E-state index contributed by atoms with van der Waals surface area (Å²) in [6.07, 6.45) is 5.13. The standard InChI is InChI=1S/C24H20N8OS2/c1-15-3-4-17(13-25-15)16-5-7-18(8-6-16)34-19-9-10-21(35-24-26-14-27-30-24)29-22(19)23(33)28-20-11-12-32(2)31-20/h3-14H,1-2H3,(H,26,27,30)(H,28,31,33). The molecule has 0 saturated heterocycles. The van der Waals surface area contributed by atoms with Gasteiger partial charge in [-0.25, -0.2) is 4.98 Å². The third-order valence-electron chi connectivity index (χ3n) is 4.93.